The van der Waals surface area contributed by atoms with Crippen molar-refractivity contribution in [3.63, 3.8) is 0 Å². The molecule has 1 N–H and O–H groups in total. The lowest BCUT2D eigenvalue weighted by Gasteiger charge is -2.08. The Labute approximate surface area is 103 Å². The molecule has 6 heteroatoms. The summed E-state index contributed by atoms with van der Waals surface area (Å²) >= 11 is 2.08. The summed E-state index contributed by atoms with van der Waals surface area (Å²) in [5.41, 5.74) is 0.606. The van der Waals surface area contributed by atoms with Crippen molar-refractivity contribution < 1.29 is 13.2 Å². The summed E-state index contributed by atoms with van der Waals surface area (Å²) in [6, 6.07) is 7.21. The molecular weight excluding hydrogens is 329 g/mol. The Morgan fingerprint density at radius 3 is 2.67 bits per heavy atom. The molecule has 0 aliphatic carbocycles. The predicted molar refractivity (Wildman–Crippen MR) is 68.4 cm³/mol. The van der Waals surface area contributed by atoms with Crippen LogP contribution in [0.15, 0.2) is 24.3 Å². The number of sulfonamides is 1. The van der Waals surface area contributed by atoms with Gasteiger partial charge in [-0.1, -0.05) is 12.1 Å². The number of hydrogen-bond donors (Lipinski definition) is 1. The third-order valence-corrected chi connectivity index (χ3v) is 3.87. The Kier molecular flexibility index (Phi) is 4.81. The van der Waals surface area contributed by atoms with Gasteiger partial charge in [0.25, 0.3) is 0 Å². The zero-order valence-corrected chi connectivity index (χ0v) is 11.2. The molecule has 0 radical (unpaired) electrons. The summed E-state index contributed by atoms with van der Waals surface area (Å²) in [6.07, 6.45) is 0. The van der Waals surface area contributed by atoms with Crippen LogP contribution < -0.4 is 4.72 Å². The topological polar surface area (TPSA) is 55.4 Å². The Balaban J connectivity index is 2.74. The zero-order chi connectivity index (χ0) is 11.3. The van der Waals surface area contributed by atoms with E-state index in [-0.39, 0.29) is 12.4 Å². The fraction of sp³-hybridized carbons (Fsp3) is 0.333. The second kappa shape index (κ2) is 5.66. The van der Waals surface area contributed by atoms with Crippen LogP contribution in [0, 0.1) is 3.57 Å². The van der Waals surface area contributed by atoms with Crippen molar-refractivity contribution >= 4 is 38.3 Å². The lowest BCUT2D eigenvalue weighted by atomic mass is 10.3. The fourth-order valence-corrected chi connectivity index (χ4v) is 2.66. The van der Waals surface area contributed by atoms with Gasteiger partial charge in [-0.2, -0.15) is 0 Å². The van der Waals surface area contributed by atoms with E-state index in [1.807, 2.05) is 12.1 Å². The molecule has 0 saturated heterocycles. The molecule has 0 aliphatic rings. The smallest absolute Gasteiger partial charge is 0.235 e. The first-order valence-corrected chi connectivity index (χ1v) is 7.02. The van der Waals surface area contributed by atoms with Crippen LogP contribution in [0.2, 0.25) is 0 Å². The Morgan fingerprint density at radius 1 is 1.40 bits per heavy atom. The maximum atomic E-state index is 11.5. The third kappa shape index (κ3) is 4.35. The predicted octanol–water partition coefficient (Wildman–Crippen LogP) is 1.68. The first-order valence-electron chi connectivity index (χ1n) is 4.29. The van der Waals surface area contributed by atoms with E-state index in [4.69, 9.17) is 4.74 Å². The van der Waals surface area contributed by atoms with Crippen LogP contribution in [-0.2, 0) is 14.8 Å². The summed E-state index contributed by atoms with van der Waals surface area (Å²) in [4.78, 5) is 0. The third-order valence-electron chi connectivity index (χ3n) is 1.70. The molecule has 0 heterocycles. The molecule has 0 spiro atoms. The molecule has 0 bridgehead atoms. The lowest BCUT2D eigenvalue weighted by molar-refractivity contribution is 0.217. The number of halogens is 1. The summed E-state index contributed by atoms with van der Waals surface area (Å²) in [6.45, 7) is 0.193. The Hall–Kier alpha value is -0.340. The van der Waals surface area contributed by atoms with Crippen LogP contribution >= 0.6 is 22.6 Å². The van der Waals surface area contributed by atoms with Crippen molar-refractivity contribution in [2.75, 3.05) is 24.2 Å². The maximum Gasteiger partial charge on any atom is 0.235 e. The lowest BCUT2D eigenvalue weighted by Crippen LogP contribution is -2.20. The summed E-state index contributed by atoms with van der Waals surface area (Å²) < 4.78 is 31.1. The van der Waals surface area contributed by atoms with Crippen LogP contribution in [0.5, 0.6) is 0 Å². The maximum absolute atomic E-state index is 11.5. The average Bonchev–Trinajstić information content (AvgIpc) is 2.18. The fourth-order valence-electron chi connectivity index (χ4n) is 0.956. The molecule has 0 fully saturated rings. The number of para-hydroxylation sites is 1. The molecule has 1 aromatic rings. The second-order valence-electron chi connectivity index (χ2n) is 2.89. The molecule has 0 atom stereocenters. The van der Waals surface area contributed by atoms with E-state index < -0.39 is 10.0 Å². The number of ether oxygens (including phenoxy) is 1. The van der Waals surface area contributed by atoms with Crippen molar-refractivity contribution in [1.82, 2.24) is 0 Å². The SMILES string of the molecule is COCCS(=O)(=O)Nc1ccccc1I. The van der Waals surface area contributed by atoms with E-state index in [2.05, 4.69) is 27.3 Å². The van der Waals surface area contributed by atoms with Crippen molar-refractivity contribution in [2.24, 2.45) is 0 Å². The number of nitrogens with one attached hydrogen (secondary N) is 1. The van der Waals surface area contributed by atoms with Gasteiger partial charge in [-0.3, -0.25) is 4.72 Å². The summed E-state index contributed by atoms with van der Waals surface area (Å²) in [7, 11) is -1.83. The standard InChI is InChI=1S/C9H12INO3S/c1-14-6-7-15(12,13)11-9-5-3-2-4-8(9)10/h2-5,11H,6-7H2,1H3. The van der Waals surface area contributed by atoms with E-state index in [1.54, 1.807) is 12.1 Å². The van der Waals surface area contributed by atoms with Gasteiger partial charge in [-0.25, -0.2) is 8.42 Å². The molecule has 0 amide bonds. The van der Waals surface area contributed by atoms with Crippen molar-refractivity contribution in [1.29, 1.82) is 0 Å². The first-order chi connectivity index (χ1) is 7.05. The van der Waals surface area contributed by atoms with Gasteiger partial charge in [0.05, 0.1) is 18.0 Å². The van der Waals surface area contributed by atoms with Crippen molar-refractivity contribution in [3.05, 3.63) is 27.8 Å². The monoisotopic (exact) mass is 341 g/mol. The molecular formula is C9H12INO3S. The molecule has 1 rings (SSSR count). The first kappa shape index (κ1) is 12.7. The van der Waals surface area contributed by atoms with Gasteiger partial charge < -0.3 is 4.74 Å². The number of methoxy groups -OCH3 is 1. The van der Waals surface area contributed by atoms with E-state index in [0.29, 0.717) is 5.69 Å². The molecule has 0 saturated carbocycles. The van der Waals surface area contributed by atoms with E-state index in [0.717, 1.165) is 3.57 Å². The van der Waals surface area contributed by atoms with Crippen molar-refractivity contribution in [2.45, 2.75) is 0 Å². The minimum atomic E-state index is -3.30. The summed E-state index contributed by atoms with van der Waals surface area (Å²) in [5.74, 6) is -0.0333. The average molecular weight is 341 g/mol. The quantitative estimate of drug-likeness (QED) is 0.829. The van der Waals surface area contributed by atoms with Crippen LogP contribution in [0.25, 0.3) is 0 Å². The number of anilines is 1. The zero-order valence-electron chi connectivity index (χ0n) is 8.23. The second-order valence-corrected chi connectivity index (χ2v) is 5.90. The minimum Gasteiger partial charge on any atom is -0.384 e. The van der Waals surface area contributed by atoms with Gasteiger partial charge in [0.1, 0.15) is 0 Å². The minimum absolute atomic E-state index is 0.0333. The Bertz CT molecular complexity index is 419. The number of benzene rings is 1. The van der Waals surface area contributed by atoms with E-state index in [9.17, 15) is 8.42 Å². The largest absolute Gasteiger partial charge is 0.384 e. The van der Waals surface area contributed by atoms with Gasteiger partial charge in [-0.05, 0) is 34.7 Å². The highest BCUT2D eigenvalue weighted by atomic mass is 127. The molecule has 84 valence electrons. The molecule has 0 aromatic heterocycles. The Morgan fingerprint density at radius 2 is 2.07 bits per heavy atom. The normalized spacial score (nSPS) is 11.3. The molecule has 15 heavy (non-hydrogen) atoms. The number of rotatable bonds is 5. The van der Waals surface area contributed by atoms with Gasteiger partial charge in [0, 0.05) is 10.7 Å². The van der Waals surface area contributed by atoms with Crippen LogP contribution in [0.3, 0.4) is 0 Å². The van der Waals surface area contributed by atoms with E-state index >= 15 is 0 Å². The summed E-state index contributed by atoms with van der Waals surface area (Å²) in [5, 5.41) is 0. The highest BCUT2D eigenvalue weighted by molar-refractivity contribution is 14.1. The van der Waals surface area contributed by atoms with Crippen LogP contribution in [0.4, 0.5) is 5.69 Å². The van der Waals surface area contributed by atoms with Crippen molar-refractivity contribution in [3.8, 4) is 0 Å². The van der Waals surface area contributed by atoms with Gasteiger partial charge in [0.15, 0.2) is 0 Å². The van der Waals surface area contributed by atoms with E-state index in [1.165, 1.54) is 7.11 Å². The molecule has 4 nitrogen and oxygen atoms in total. The van der Waals surface area contributed by atoms with Gasteiger partial charge >= 0.3 is 0 Å². The molecule has 0 unspecified atom stereocenters. The van der Waals surface area contributed by atoms with Gasteiger partial charge in [0.2, 0.25) is 10.0 Å². The van der Waals surface area contributed by atoms with Gasteiger partial charge in [-0.15, -0.1) is 0 Å². The van der Waals surface area contributed by atoms with Crippen LogP contribution in [-0.4, -0.2) is 27.9 Å². The highest BCUT2D eigenvalue weighted by Crippen LogP contribution is 2.18. The number of hydrogen-bond acceptors (Lipinski definition) is 3. The molecule has 0 aliphatic heterocycles. The highest BCUT2D eigenvalue weighted by Gasteiger charge is 2.11. The molecule has 1 aromatic carbocycles. The van der Waals surface area contributed by atoms with Crippen LogP contribution in [0.1, 0.15) is 0 Å².